The van der Waals surface area contributed by atoms with Crippen LogP contribution in [0.15, 0.2) is 48.5 Å². The average molecular weight is 263 g/mol. The van der Waals surface area contributed by atoms with Crippen molar-refractivity contribution in [1.82, 2.24) is 0 Å². The summed E-state index contributed by atoms with van der Waals surface area (Å²) in [5.41, 5.74) is 6.67. The molecule has 2 aromatic carbocycles. The summed E-state index contributed by atoms with van der Waals surface area (Å²) in [6.07, 6.45) is -0.896. The minimum Gasteiger partial charge on any atom is -0.388 e. The Balaban J connectivity index is 2.34. The summed E-state index contributed by atoms with van der Waals surface area (Å²) in [6, 6.07) is 12.1. The Morgan fingerprint density at radius 3 is 2.05 bits per heavy atom. The highest BCUT2D eigenvalue weighted by molar-refractivity contribution is 5.28. The van der Waals surface area contributed by atoms with E-state index in [-0.39, 0.29) is 6.54 Å². The monoisotopic (exact) mass is 263 g/mol. The largest absolute Gasteiger partial charge is 0.388 e. The molecule has 2 atom stereocenters. The van der Waals surface area contributed by atoms with E-state index in [2.05, 4.69) is 0 Å². The highest BCUT2D eigenvalue weighted by atomic mass is 19.1. The third-order valence-corrected chi connectivity index (χ3v) is 3.09. The first-order valence-corrected chi connectivity index (χ1v) is 6.01. The average Bonchev–Trinajstić information content (AvgIpc) is 2.39. The van der Waals surface area contributed by atoms with Crippen LogP contribution in [0.1, 0.15) is 23.1 Å². The molecule has 100 valence electrons. The van der Waals surface area contributed by atoms with E-state index >= 15 is 0 Å². The van der Waals surface area contributed by atoms with E-state index in [0.29, 0.717) is 11.1 Å². The van der Waals surface area contributed by atoms with Gasteiger partial charge in [-0.3, -0.25) is 0 Å². The van der Waals surface area contributed by atoms with Crippen molar-refractivity contribution in [3.05, 3.63) is 71.3 Å². The Kier molecular flexibility index (Phi) is 4.24. The predicted octanol–water partition coefficient (Wildman–Crippen LogP) is 2.74. The van der Waals surface area contributed by atoms with E-state index in [1.54, 1.807) is 24.3 Å². The van der Waals surface area contributed by atoms with E-state index in [9.17, 15) is 13.9 Å². The first-order chi connectivity index (χ1) is 9.11. The van der Waals surface area contributed by atoms with E-state index in [4.69, 9.17) is 5.73 Å². The maximum absolute atomic E-state index is 13.2. The van der Waals surface area contributed by atoms with Gasteiger partial charge in [-0.1, -0.05) is 30.3 Å². The zero-order chi connectivity index (χ0) is 13.8. The lowest BCUT2D eigenvalue weighted by Crippen LogP contribution is -2.20. The predicted molar refractivity (Wildman–Crippen MR) is 69.6 cm³/mol. The van der Waals surface area contributed by atoms with Crippen molar-refractivity contribution >= 4 is 0 Å². The van der Waals surface area contributed by atoms with Gasteiger partial charge in [0.2, 0.25) is 0 Å². The molecule has 0 aromatic heterocycles. The van der Waals surface area contributed by atoms with Crippen LogP contribution in [-0.4, -0.2) is 11.7 Å². The van der Waals surface area contributed by atoms with Crippen LogP contribution in [0.25, 0.3) is 0 Å². The molecule has 2 nitrogen and oxygen atoms in total. The molecule has 0 aliphatic rings. The van der Waals surface area contributed by atoms with Crippen molar-refractivity contribution in [2.45, 2.75) is 12.0 Å². The molecule has 0 bridgehead atoms. The number of benzene rings is 2. The lowest BCUT2D eigenvalue weighted by atomic mass is 9.89. The summed E-state index contributed by atoms with van der Waals surface area (Å²) in [5, 5.41) is 10.3. The Bertz CT molecular complexity index is 525. The van der Waals surface area contributed by atoms with Gasteiger partial charge < -0.3 is 10.8 Å². The molecule has 0 saturated carbocycles. The lowest BCUT2D eigenvalue weighted by molar-refractivity contribution is 0.147. The van der Waals surface area contributed by atoms with Crippen LogP contribution >= 0.6 is 0 Å². The summed E-state index contributed by atoms with van der Waals surface area (Å²) in [4.78, 5) is 0. The fourth-order valence-electron chi connectivity index (χ4n) is 2.12. The molecular formula is C15H15F2NO. The Labute approximate surface area is 110 Å². The van der Waals surface area contributed by atoms with Crippen LogP contribution in [0.5, 0.6) is 0 Å². The second-order valence-corrected chi connectivity index (χ2v) is 4.40. The summed E-state index contributed by atoms with van der Waals surface area (Å²) < 4.78 is 26.5. The SMILES string of the molecule is NCC(c1cc(F)cc(F)c1)C(O)c1ccccc1. The topological polar surface area (TPSA) is 46.2 Å². The van der Waals surface area contributed by atoms with Gasteiger partial charge in [0.15, 0.2) is 0 Å². The molecule has 0 heterocycles. The van der Waals surface area contributed by atoms with Gasteiger partial charge in [0.1, 0.15) is 11.6 Å². The molecule has 0 spiro atoms. The number of rotatable bonds is 4. The van der Waals surface area contributed by atoms with Gasteiger partial charge >= 0.3 is 0 Å². The van der Waals surface area contributed by atoms with Crippen LogP contribution in [0.3, 0.4) is 0 Å². The van der Waals surface area contributed by atoms with Gasteiger partial charge in [-0.2, -0.15) is 0 Å². The van der Waals surface area contributed by atoms with Crippen LogP contribution in [0.4, 0.5) is 8.78 Å². The third kappa shape index (κ3) is 3.16. The van der Waals surface area contributed by atoms with Crippen molar-refractivity contribution in [2.75, 3.05) is 6.54 Å². The van der Waals surface area contributed by atoms with Gasteiger partial charge in [-0.25, -0.2) is 8.78 Å². The van der Waals surface area contributed by atoms with Crippen molar-refractivity contribution in [1.29, 1.82) is 0 Å². The van der Waals surface area contributed by atoms with Gasteiger partial charge in [-0.05, 0) is 23.3 Å². The van der Waals surface area contributed by atoms with Crippen LogP contribution in [0.2, 0.25) is 0 Å². The molecule has 3 N–H and O–H groups in total. The normalized spacial score (nSPS) is 14.1. The molecule has 4 heteroatoms. The maximum atomic E-state index is 13.2. The van der Waals surface area contributed by atoms with E-state index < -0.39 is 23.7 Å². The van der Waals surface area contributed by atoms with Gasteiger partial charge in [0.05, 0.1) is 6.10 Å². The fourth-order valence-corrected chi connectivity index (χ4v) is 2.12. The number of aliphatic hydroxyl groups is 1. The summed E-state index contributed by atoms with van der Waals surface area (Å²) in [6.45, 7) is 0.0962. The fraction of sp³-hybridized carbons (Fsp3) is 0.200. The van der Waals surface area contributed by atoms with Crippen molar-refractivity contribution in [2.24, 2.45) is 5.73 Å². The smallest absolute Gasteiger partial charge is 0.126 e. The number of hydrogen-bond acceptors (Lipinski definition) is 2. The number of hydrogen-bond donors (Lipinski definition) is 2. The summed E-state index contributed by atoms with van der Waals surface area (Å²) in [7, 11) is 0. The second kappa shape index (κ2) is 5.91. The number of aliphatic hydroxyl groups excluding tert-OH is 1. The maximum Gasteiger partial charge on any atom is 0.126 e. The first-order valence-electron chi connectivity index (χ1n) is 6.01. The highest BCUT2D eigenvalue weighted by Crippen LogP contribution is 2.30. The molecule has 2 aromatic rings. The molecule has 0 radical (unpaired) electrons. The third-order valence-electron chi connectivity index (χ3n) is 3.09. The molecular weight excluding hydrogens is 248 g/mol. The van der Waals surface area contributed by atoms with Crippen LogP contribution in [-0.2, 0) is 0 Å². The quantitative estimate of drug-likeness (QED) is 0.891. The molecule has 0 saturated heterocycles. The molecule has 0 aliphatic heterocycles. The Morgan fingerprint density at radius 2 is 1.53 bits per heavy atom. The molecule has 2 rings (SSSR count). The van der Waals surface area contributed by atoms with Crippen molar-refractivity contribution in [3.63, 3.8) is 0 Å². The second-order valence-electron chi connectivity index (χ2n) is 4.40. The van der Waals surface area contributed by atoms with Gasteiger partial charge in [0.25, 0.3) is 0 Å². The zero-order valence-electron chi connectivity index (χ0n) is 10.3. The summed E-state index contributed by atoms with van der Waals surface area (Å²) in [5.74, 6) is -1.89. The van der Waals surface area contributed by atoms with Crippen LogP contribution in [0, 0.1) is 11.6 Å². The summed E-state index contributed by atoms with van der Waals surface area (Å²) >= 11 is 0. The Morgan fingerprint density at radius 1 is 0.947 bits per heavy atom. The van der Waals surface area contributed by atoms with Crippen molar-refractivity contribution in [3.8, 4) is 0 Å². The number of halogens is 2. The van der Waals surface area contributed by atoms with Gasteiger partial charge in [0, 0.05) is 18.5 Å². The van der Waals surface area contributed by atoms with Crippen molar-refractivity contribution < 1.29 is 13.9 Å². The minimum atomic E-state index is -0.896. The molecule has 0 fully saturated rings. The molecule has 0 aliphatic carbocycles. The number of nitrogens with two attached hydrogens (primary N) is 1. The van der Waals surface area contributed by atoms with Crippen LogP contribution < -0.4 is 5.73 Å². The zero-order valence-corrected chi connectivity index (χ0v) is 10.3. The molecule has 2 unspecified atom stereocenters. The van der Waals surface area contributed by atoms with E-state index in [0.717, 1.165) is 6.07 Å². The first kappa shape index (κ1) is 13.6. The van der Waals surface area contributed by atoms with E-state index in [1.807, 2.05) is 6.07 Å². The molecule has 0 amide bonds. The highest BCUT2D eigenvalue weighted by Gasteiger charge is 2.22. The Hall–Kier alpha value is -1.78. The van der Waals surface area contributed by atoms with Gasteiger partial charge in [-0.15, -0.1) is 0 Å². The standard InChI is InChI=1S/C15H15F2NO/c16-12-6-11(7-13(17)8-12)14(9-18)15(19)10-4-2-1-3-5-10/h1-8,14-15,19H,9,18H2. The molecule has 19 heavy (non-hydrogen) atoms. The lowest BCUT2D eigenvalue weighted by Gasteiger charge is -2.22. The minimum absolute atomic E-state index is 0.0962. The van der Waals surface area contributed by atoms with E-state index in [1.165, 1.54) is 12.1 Å².